The summed E-state index contributed by atoms with van der Waals surface area (Å²) < 4.78 is 0. The quantitative estimate of drug-likeness (QED) is 0.718. The van der Waals surface area contributed by atoms with Crippen molar-refractivity contribution < 1.29 is 0 Å². The second kappa shape index (κ2) is 4.33. The van der Waals surface area contributed by atoms with Crippen LogP contribution in [0.3, 0.4) is 0 Å². The van der Waals surface area contributed by atoms with Crippen LogP contribution in [0.25, 0.3) is 22.4 Å². The lowest BCUT2D eigenvalue weighted by molar-refractivity contribution is 1.10. The molecule has 0 radical (unpaired) electrons. The third-order valence-electron chi connectivity index (χ3n) is 2.81. The SMILES string of the molecule is Nc1cc(-c2ccc(-c3ccn[nH]3)cc2)ccn1. The van der Waals surface area contributed by atoms with Crippen LogP contribution in [0.5, 0.6) is 0 Å². The van der Waals surface area contributed by atoms with Gasteiger partial charge in [-0.2, -0.15) is 5.10 Å². The molecule has 0 bridgehead atoms. The second-order valence-corrected chi connectivity index (χ2v) is 4.02. The molecular weight excluding hydrogens is 224 g/mol. The minimum absolute atomic E-state index is 0.533. The van der Waals surface area contributed by atoms with Gasteiger partial charge in [0.15, 0.2) is 0 Å². The van der Waals surface area contributed by atoms with Crippen molar-refractivity contribution in [2.24, 2.45) is 0 Å². The highest BCUT2D eigenvalue weighted by molar-refractivity contribution is 5.69. The topological polar surface area (TPSA) is 67.6 Å². The standard InChI is InChI=1S/C14H12N4/c15-14-9-12(5-7-16-14)10-1-3-11(4-2-10)13-6-8-17-18-13/h1-9H,(H2,15,16)(H,17,18). The molecule has 0 atom stereocenters. The van der Waals surface area contributed by atoms with E-state index in [1.54, 1.807) is 12.4 Å². The minimum Gasteiger partial charge on any atom is -0.384 e. The van der Waals surface area contributed by atoms with Gasteiger partial charge < -0.3 is 5.73 Å². The molecule has 4 heteroatoms. The van der Waals surface area contributed by atoms with E-state index >= 15 is 0 Å². The Balaban J connectivity index is 1.96. The van der Waals surface area contributed by atoms with Gasteiger partial charge in [-0.3, -0.25) is 5.10 Å². The number of nitrogens with zero attached hydrogens (tertiary/aromatic N) is 2. The third kappa shape index (κ3) is 1.96. The van der Waals surface area contributed by atoms with E-state index < -0.39 is 0 Å². The van der Waals surface area contributed by atoms with Crippen molar-refractivity contribution in [1.82, 2.24) is 15.2 Å². The van der Waals surface area contributed by atoms with Crippen molar-refractivity contribution in [1.29, 1.82) is 0 Å². The Bertz CT molecular complexity index is 642. The number of aromatic nitrogens is 3. The van der Waals surface area contributed by atoms with E-state index in [0.717, 1.165) is 22.4 Å². The first-order chi connectivity index (χ1) is 8.83. The Morgan fingerprint density at radius 1 is 0.833 bits per heavy atom. The van der Waals surface area contributed by atoms with Gasteiger partial charge >= 0.3 is 0 Å². The lowest BCUT2D eigenvalue weighted by atomic mass is 10.0. The molecule has 0 unspecified atom stereocenters. The summed E-state index contributed by atoms with van der Waals surface area (Å²) in [5.74, 6) is 0.533. The van der Waals surface area contributed by atoms with Gasteiger partial charge in [0.1, 0.15) is 5.82 Å². The van der Waals surface area contributed by atoms with Gasteiger partial charge in [-0.1, -0.05) is 24.3 Å². The first kappa shape index (κ1) is 10.5. The van der Waals surface area contributed by atoms with Crippen LogP contribution in [-0.4, -0.2) is 15.2 Å². The van der Waals surface area contributed by atoms with Gasteiger partial charge in [-0.25, -0.2) is 4.98 Å². The Morgan fingerprint density at radius 3 is 2.28 bits per heavy atom. The maximum Gasteiger partial charge on any atom is 0.123 e. The van der Waals surface area contributed by atoms with Gasteiger partial charge in [-0.05, 0) is 34.9 Å². The molecule has 0 spiro atoms. The number of rotatable bonds is 2. The third-order valence-corrected chi connectivity index (χ3v) is 2.81. The van der Waals surface area contributed by atoms with Crippen LogP contribution in [0, 0.1) is 0 Å². The summed E-state index contributed by atoms with van der Waals surface area (Å²) >= 11 is 0. The average molecular weight is 236 g/mol. The van der Waals surface area contributed by atoms with Crippen LogP contribution in [-0.2, 0) is 0 Å². The molecule has 0 amide bonds. The molecule has 3 aromatic rings. The Labute approximate surface area is 105 Å². The molecule has 18 heavy (non-hydrogen) atoms. The van der Waals surface area contributed by atoms with E-state index in [1.165, 1.54) is 0 Å². The lowest BCUT2D eigenvalue weighted by Gasteiger charge is -2.03. The number of hydrogen-bond acceptors (Lipinski definition) is 3. The predicted molar refractivity (Wildman–Crippen MR) is 71.7 cm³/mol. The fourth-order valence-electron chi connectivity index (χ4n) is 1.89. The summed E-state index contributed by atoms with van der Waals surface area (Å²) in [6, 6.07) is 14.0. The molecule has 0 fully saturated rings. The van der Waals surface area contributed by atoms with Gasteiger partial charge in [0, 0.05) is 12.4 Å². The Hall–Kier alpha value is -2.62. The molecule has 0 saturated heterocycles. The molecular formula is C14H12N4. The average Bonchev–Trinajstić information content (AvgIpc) is 2.93. The van der Waals surface area contributed by atoms with Crippen LogP contribution in [0.2, 0.25) is 0 Å². The van der Waals surface area contributed by atoms with E-state index in [-0.39, 0.29) is 0 Å². The van der Waals surface area contributed by atoms with E-state index in [1.807, 2.05) is 18.2 Å². The molecule has 1 aromatic carbocycles. The number of H-pyrrole nitrogens is 1. The van der Waals surface area contributed by atoms with Crippen molar-refractivity contribution in [3.8, 4) is 22.4 Å². The summed E-state index contributed by atoms with van der Waals surface area (Å²) in [5, 5.41) is 6.88. The highest BCUT2D eigenvalue weighted by atomic mass is 15.1. The van der Waals surface area contributed by atoms with E-state index in [2.05, 4.69) is 39.4 Å². The van der Waals surface area contributed by atoms with Gasteiger partial charge in [0.25, 0.3) is 0 Å². The summed E-state index contributed by atoms with van der Waals surface area (Å²) in [4.78, 5) is 3.99. The Kier molecular flexibility index (Phi) is 2.53. The number of aromatic amines is 1. The fourth-order valence-corrected chi connectivity index (χ4v) is 1.89. The maximum atomic E-state index is 5.68. The first-order valence-corrected chi connectivity index (χ1v) is 5.65. The largest absolute Gasteiger partial charge is 0.384 e. The number of hydrogen-bond donors (Lipinski definition) is 2. The highest BCUT2D eigenvalue weighted by Crippen LogP contribution is 2.24. The van der Waals surface area contributed by atoms with Crippen molar-refractivity contribution in [2.75, 3.05) is 5.73 Å². The van der Waals surface area contributed by atoms with Gasteiger partial charge in [0.05, 0.1) is 5.69 Å². The summed E-state index contributed by atoms with van der Waals surface area (Å²) in [6.07, 6.45) is 3.46. The number of benzene rings is 1. The fraction of sp³-hybridized carbons (Fsp3) is 0. The van der Waals surface area contributed by atoms with Gasteiger partial charge in [-0.15, -0.1) is 0 Å². The summed E-state index contributed by atoms with van der Waals surface area (Å²) in [7, 11) is 0. The number of pyridine rings is 1. The van der Waals surface area contributed by atoms with Crippen LogP contribution >= 0.6 is 0 Å². The monoisotopic (exact) mass is 236 g/mol. The lowest BCUT2D eigenvalue weighted by Crippen LogP contribution is -1.89. The summed E-state index contributed by atoms with van der Waals surface area (Å²) in [5.41, 5.74) is 9.98. The molecule has 2 heterocycles. The van der Waals surface area contributed by atoms with Crippen LogP contribution in [0.4, 0.5) is 5.82 Å². The zero-order valence-electron chi connectivity index (χ0n) is 9.67. The molecule has 3 N–H and O–H groups in total. The molecule has 0 aliphatic carbocycles. The van der Waals surface area contributed by atoms with Crippen LogP contribution < -0.4 is 5.73 Å². The van der Waals surface area contributed by atoms with Crippen LogP contribution in [0.15, 0.2) is 54.9 Å². The van der Waals surface area contributed by atoms with Crippen molar-refractivity contribution in [3.63, 3.8) is 0 Å². The molecule has 0 aliphatic rings. The first-order valence-electron chi connectivity index (χ1n) is 5.65. The number of nitrogens with two attached hydrogens (primary N) is 1. The van der Waals surface area contributed by atoms with Crippen molar-refractivity contribution >= 4 is 5.82 Å². The van der Waals surface area contributed by atoms with E-state index in [0.29, 0.717) is 5.82 Å². The molecule has 4 nitrogen and oxygen atoms in total. The van der Waals surface area contributed by atoms with E-state index in [4.69, 9.17) is 5.73 Å². The Morgan fingerprint density at radius 2 is 1.61 bits per heavy atom. The van der Waals surface area contributed by atoms with E-state index in [9.17, 15) is 0 Å². The maximum absolute atomic E-state index is 5.68. The molecule has 88 valence electrons. The van der Waals surface area contributed by atoms with Crippen molar-refractivity contribution in [2.45, 2.75) is 0 Å². The van der Waals surface area contributed by atoms with Crippen LogP contribution in [0.1, 0.15) is 0 Å². The normalized spacial score (nSPS) is 10.4. The molecule has 0 aliphatic heterocycles. The second-order valence-electron chi connectivity index (χ2n) is 4.02. The number of nitrogen functional groups attached to an aromatic ring is 1. The molecule has 3 rings (SSSR count). The van der Waals surface area contributed by atoms with Crippen molar-refractivity contribution in [3.05, 3.63) is 54.9 Å². The zero-order chi connectivity index (χ0) is 12.4. The zero-order valence-corrected chi connectivity index (χ0v) is 9.67. The number of nitrogens with one attached hydrogen (secondary N) is 1. The molecule has 0 saturated carbocycles. The predicted octanol–water partition coefficient (Wildman–Crippen LogP) is 2.72. The van der Waals surface area contributed by atoms with Gasteiger partial charge in [0.2, 0.25) is 0 Å². The number of anilines is 1. The molecule has 2 aromatic heterocycles. The summed E-state index contributed by atoms with van der Waals surface area (Å²) in [6.45, 7) is 0. The highest BCUT2D eigenvalue weighted by Gasteiger charge is 2.01. The minimum atomic E-state index is 0.533. The smallest absolute Gasteiger partial charge is 0.123 e.